The molecule has 2 rings (SSSR count). The van der Waals surface area contributed by atoms with E-state index in [9.17, 15) is 0 Å². The van der Waals surface area contributed by atoms with Crippen LogP contribution in [-0.4, -0.2) is 12.7 Å². The van der Waals surface area contributed by atoms with E-state index in [1.54, 1.807) is 0 Å². The van der Waals surface area contributed by atoms with Crippen molar-refractivity contribution >= 4 is 0 Å². The van der Waals surface area contributed by atoms with Gasteiger partial charge in [-0.1, -0.05) is 51.2 Å². The molecule has 1 heterocycles. The second-order valence-corrected chi connectivity index (χ2v) is 5.43. The van der Waals surface area contributed by atoms with Crippen molar-refractivity contribution in [1.82, 2.24) is 0 Å². The van der Waals surface area contributed by atoms with Crippen LogP contribution >= 0.6 is 0 Å². The summed E-state index contributed by atoms with van der Waals surface area (Å²) in [5, 5.41) is 0. The first-order valence-electron chi connectivity index (χ1n) is 7.20. The third kappa shape index (κ3) is 3.10. The highest BCUT2D eigenvalue weighted by Crippen LogP contribution is 2.35. The van der Waals surface area contributed by atoms with Gasteiger partial charge in [-0.25, -0.2) is 0 Å². The van der Waals surface area contributed by atoms with Gasteiger partial charge in [0.15, 0.2) is 0 Å². The molecule has 0 N–H and O–H groups in total. The normalized spacial score (nSPS) is 31.8. The van der Waals surface area contributed by atoms with Gasteiger partial charge in [-0.05, 0) is 25.2 Å². The van der Waals surface area contributed by atoms with Gasteiger partial charge >= 0.3 is 0 Å². The van der Waals surface area contributed by atoms with E-state index in [0.29, 0.717) is 12.0 Å². The highest BCUT2D eigenvalue weighted by atomic mass is 16.5. The summed E-state index contributed by atoms with van der Waals surface area (Å²) in [6.07, 6.45) is 16.3. The Bertz CT molecular complexity index is 215. The second-order valence-electron chi connectivity index (χ2n) is 5.43. The average molecular weight is 222 g/mol. The van der Waals surface area contributed by atoms with Crippen molar-refractivity contribution in [2.45, 2.75) is 64.4 Å². The van der Waals surface area contributed by atoms with Crippen LogP contribution in [0.3, 0.4) is 0 Å². The van der Waals surface area contributed by atoms with E-state index >= 15 is 0 Å². The fourth-order valence-electron chi connectivity index (χ4n) is 3.28. The van der Waals surface area contributed by atoms with E-state index < -0.39 is 0 Å². The van der Waals surface area contributed by atoms with Gasteiger partial charge in [0, 0.05) is 5.92 Å². The Morgan fingerprint density at radius 2 is 2.00 bits per heavy atom. The Morgan fingerprint density at radius 3 is 2.75 bits per heavy atom. The first kappa shape index (κ1) is 12.2. The third-order valence-electron chi connectivity index (χ3n) is 4.20. The molecule has 2 aliphatic rings. The van der Waals surface area contributed by atoms with E-state index in [1.807, 2.05) is 0 Å². The Kier molecular flexibility index (Phi) is 4.90. The fourth-order valence-corrected chi connectivity index (χ4v) is 3.28. The van der Waals surface area contributed by atoms with Crippen LogP contribution in [0.2, 0.25) is 0 Å². The standard InChI is InChI=1S/C15H26O/c1-2-3-8-13-11-7-12-16-15(13)14-9-5-4-6-10-14/h7,11,13-15H,2-6,8-10,12H2,1H3/t13-,15-/m1/s1. The van der Waals surface area contributed by atoms with Crippen molar-refractivity contribution in [3.63, 3.8) is 0 Å². The van der Waals surface area contributed by atoms with Crippen LogP contribution < -0.4 is 0 Å². The molecule has 1 fully saturated rings. The van der Waals surface area contributed by atoms with Crippen LogP contribution in [0.5, 0.6) is 0 Å². The molecule has 92 valence electrons. The molecule has 0 bridgehead atoms. The summed E-state index contributed by atoms with van der Waals surface area (Å²) in [6, 6.07) is 0. The van der Waals surface area contributed by atoms with E-state index in [0.717, 1.165) is 12.5 Å². The molecule has 1 saturated carbocycles. The molecule has 0 radical (unpaired) electrons. The van der Waals surface area contributed by atoms with Crippen LogP contribution in [0.1, 0.15) is 58.3 Å². The lowest BCUT2D eigenvalue weighted by Crippen LogP contribution is -2.35. The molecule has 0 saturated heterocycles. The lowest BCUT2D eigenvalue weighted by molar-refractivity contribution is -0.0228. The summed E-state index contributed by atoms with van der Waals surface area (Å²) in [5.41, 5.74) is 0. The van der Waals surface area contributed by atoms with E-state index in [1.165, 1.54) is 51.4 Å². The SMILES string of the molecule is CCCC[C@@H]1C=CCO[C@H]1C1CCCCC1. The molecule has 0 amide bonds. The van der Waals surface area contributed by atoms with Crippen molar-refractivity contribution in [2.24, 2.45) is 11.8 Å². The third-order valence-corrected chi connectivity index (χ3v) is 4.20. The summed E-state index contributed by atoms with van der Waals surface area (Å²) in [7, 11) is 0. The molecule has 1 aliphatic carbocycles. The molecule has 1 heteroatoms. The Hall–Kier alpha value is -0.300. The average Bonchev–Trinajstić information content (AvgIpc) is 2.38. The number of hydrogen-bond acceptors (Lipinski definition) is 1. The smallest absolute Gasteiger partial charge is 0.0670 e. The van der Waals surface area contributed by atoms with Gasteiger partial charge in [0.25, 0.3) is 0 Å². The molecule has 2 atom stereocenters. The number of ether oxygens (including phenoxy) is 1. The van der Waals surface area contributed by atoms with E-state index in [2.05, 4.69) is 19.1 Å². The highest BCUT2D eigenvalue weighted by Gasteiger charge is 2.30. The maximum atomic E-state index is 6.04. The van der Waals surface area contributed by atoms with Gasteiger partial charge in [-0.2, -0.15) is 0 Å². The zero-order valence-corrected chi connectivity index (χ0v) is 10.7. The van der Waals surface area contributed by atoms with Crippen LogP contribution in [0.4, 0.5) is 0 Å². The van der Waals surface area contributed by atoms with E-state index in [4.69, 9.17) is 4.74 Å². The Morgan fingerprint density at radius 1 is 1.19 bits per heavy atom. The fraction of sp³-hybridized carbons (Fsp3) is 0.867. The van der Waals surface area contributed by atoms with Gasteiger partial charge in [0.1, 0.15) is 0 Å². The number of hydrogen-bond donors (Lipinski definition) is 0. The zero-order valence-electron chi connectivity index (χ0n) is 10.7. The quantitative estimate of drug-likeness (QED) is 0.643. The van der Waals surface area contributed by atoms with Gasteiger partial charge in [0.05, 0.1) is 12.7 Å². The molecular weight excluding hydrogens is 196 g/mol. The summed E-state index contributed by atoms with van der Waals surface area (Å²) in [5.74, 6) is 1.55. The van der Waals surface area contributed by atoms with E-state index in [-0.39, 0.29) is 0 Å². The van der Waals surface area contributed by atoms with Crippen LogP contribution in [0, 0.1) is 11.8 Å². The highest BCUT2D eigenvalue weighted by molar-refractivity contribution is 4.98. The molecule has 0 aromatic rings. The summed E-state index contributed by atoms with van der Waals surface area (Å²) >= 11 is 0. The summed E-state index contributed by atoms with van der Waals surface area (Å²) < 4.78 is 6.04. The Labute approximate surface area is 100 Å². The molecule has 1 nitrogen and oxygen atoms in total. The minimum atomic E-state index is 0.539. The second kappa shape index (κ2) is 6.44. The predicted octanol–water partition coefficient (Wildman–Crippen LogP) is 4.33. The van der Waals surface area contributed by atoms with Crippen LogP contribution in [0.25, 0.3) is 0 Å². The van der Waals surface area contributed by atoms with Crippen molar-refractivity contribution in [1.29, 1.82) is 0 Å². The van der Waals surface area contributed by atoms with Gasteiger partial charge in [-0.15, -0.1) is 0 Å². The molecular formula is C15H26O. The maximum absolute atomic E-state index is 6.04. The largest absolute Gasteiger partial charge is 0.373 e. The number of rotatable bonds is 4. The lowest BCUT2D eigenvalue weighted by atomic mass is 9.78. The molecule has 1 aliphatic heterocycles. The Balaban J connectivity index is 1.91. The monoisotopic (exact) mass is 222 g/mol. The molecule has 0 unspecified atom stereocenters. The van der Waals surface area contributed by atoms with Gasteiger partial charge in [0.2, 0.25) is 0 Å². The first-order valence-corrected chi connectivity index (χ1v) is 7.20. The molecule has 16 heavy (non-hydrogen) atoms. The van der Waals surface area contributed by atoms with Crippen molar-refractivity contribution < 1.29 is 4.74 Å². The molecule has 0 aromatic carbocycles. The maximum Gasteiger partial charge on any atom is 0.0670 e. The van der Waals surface area contributed by atoms with Crippen LogP contribution in [0.15, 0.2) is 12.2 Å². The summed E-state index contributed by atoms with van der Waals surface area (Å²) in [6.45, 7) is 3.13. The van der Waals surface area contributed by atoms with Gasteiger partial charge in [-0.3, -0.25) is 0 Å². The first-order chi connectivity index (χ1) is 7.92. The molecule has 0 aromatic heterocycles. The zero-order chi connectivity index (χ0) is 11.2. The lowest BCUT2D eigenvalue weighted by Gasteiger charge is -2.36. The van der Waals surface area contributed by atoms with Crippen molar-refractivity contribution in [3.05, 3.63) is 12.2 Å². The van der Waals surface area contributed by atoms with Crippen molar-refractivity contribution in [2.75, 3.05) is 6.61 Å². The van der Waals surface area contributed by atoms with Gasteiger partial charge < -0.3 is 4.74 Å². The predicted molar refractivity (Wildman–Crippen MR) is 68.5 cm³/mol. The minimum Gasteiger partial charge on any atom is -0.373 e. The number of unbranched alkanes of at least 4 members (excludes halogenated alkanes) is 1. The van der Waals surface area contributed by atoms with Crippen molar-refractivity contribution in [3.8, 4) is 0 Å². The van der Waals surface area contributed by atoms with Crippen LogP contribution in [-0.2, 0) is 4.74 Å². The molecule has 0 spiro atoms. The topological polar surface area (TPSA) is 9.23 Å². The summed E-state index contributed by atoms with van der Waals surface area (Å²) in [4.78, 5) is 0. The minimum absolute atomic E-state index is 0.539.